The Morgan fingerprint density at radius 1 is 0.950 bits per heavy atom. The van der Waals surface area contributed by atoms with E-state index < -0.39 is 0 Å². The highest BCUT2D eigenvalue weighted by molar-refractivity contribution is 5.69. The number of rotatable bonds is 3. The lowest BCUT2D eigenvalue weighted by Gasteiger charge is -2.06. The second-order valence-corrected chi connectivity index (χ2v) is 4.34. The largest absolute Gasteiger partial charge is 0.366 e. The fraction of sp³-hybridized carbons (Fsp3) is 0. The summed E-state index contributed by atoms with van der Waals surface area (Å²) in [6.45, 7) is 0. The van der Waals surface area contributed by atoms with Gasteiger partial charge in [0.05, 0.1) is 5.69 Å². The Kier molecular flexibility index (Phi) is 3.09. The van der Waals surface area contributed by atoms with E-state index in [2.05, 4.69) is 15.3 Å². The normalized spacial score (nSPS) is 10.4. The molecule has 3 aromatic rings. The first-order chi connectivity index (χ1) is 9.74. The van der Waals surface area contributed by atoms with E-state index in [1.165, 1.54) is 12.1 Å². The highest BCUT2D eigenvalue weighted by atomic mass is 19.1. The summed E-state index contributed by atoms with van der Waals surface area (Å²) in [6, 6.07) is 7.66. The molecule has 0 saturated carbocycles. The van der Waals surface area contributed by atoms with Gasteiger partial charge in [0, 0.05) is 30.4 Å². The van der Waals surface area contributed by atoms with Crippen molar-refractivity contribution in [1.82, 2.24) is 9.97 Å². The van der Waals surface area contributed by atoms with Crippen LogP contribution < -0.4 is 10.7 Å². The molecule has 0 aliphatic rings. The minimum atomic E-state index is -0.327. The minimum Gasteiger partial charge on any atom is -0.366 e. The van der Waals surface area contributed by atoms with E-state index in [9.17, 15) is 9.18 Å². The average Bonchev–Trinajstić information content (AvgIpc) is 2.95. The number of hydrogen-bond donors (Lipinski definition) is 3. The molecule has 0 atom stereocenters. The molecule has 2 heterocycles. The number of aromatic nitrogens is 2. The Morgan fingerprint density at radius 2 is 1.75 bits per heavy atom. The summed E-state index contributed by atoms with van der Waals surface area (Å²) < 4.78 is 12.9. The van der Waals surface area contributed by atoms with Gasteiger partial charge in [-0.05, 0) is 23.8 Å². The molecule has 0 fully saturated rings. The lowest BCUT2D eigenvalue weighted by atomic mass is 10.1. The van der Waals surface area contributed by atoms with E-state index in [4.69, 9.17) is 0 Å². The zero-order valence-corrected chi connectivity index (χ0v) is 10.5. The fourth-order valence-electron chi connectivity index (χ4n) is 1.98. The third-order valence-corrected chi connectivity index (χ3v) is 2.98. The standard InChI is InChI=1S/C15H12FN3O/c16-11-3-1-10(2-4-11)13-8-18-9-14(15(13)20)19-12-5-6-17-7-12/h1-9,17,19H,(H,18,20). The fourth-order valence-corrected chi connectivity index (χ4v) is 1.98. The highest BCUT2D eigenvalue weighted by Gasteiger charge is 2.08. The van der Waals surface area contributed by atoms with Gasteiger partial charge in [-0.3, -0.25) is 4.79 Å². The number of H-pyrrole nitrogens is 2. The first-order valence-corrected chi connectivity index (χ1v) is 6.11. The molecule has 0 aliphatic carbocycles. The maximum Gasteiger partial charge on any atom is 0.212 e. The van der Waals surface area contributed by atoms with Crippen molar-refractivity contribution in [1.29, 1.82) is 0 Å². The van der Waals surface area contributed by atoms with Crippen LogP contribution in [0.5, 0.6) is 0 Å². The molecule has 3 rings (SSSR count). The number of pyridine rings is 1. The Morgan fingerprint density at radius 3 is 2.45 bits per heavy atom. The summed E-state index contributed by atoms with van der Waals surface area (Å²) in [7, 11) is 0. The van der Waals surface area contributed by atoms with E-state index in [1.807, 2.05) is 6.07 Å². The van der Waals surface area contributed by atoms with Crippen LogP contribution in [-0.2, 0) is 0 Å². The Balaban J connectivity index is 2.01. The van der Waals surface area contributed by atoms with Crippen molar-refractivity contribution < 1.29 is 4.39 Å². The van der Waals surface area contributed by atoms with Crippen LogP contribution in [-0.4, -0.2) is 9.97 Å². The van der Waals surface area contributed by atoms with Gasteiger partial charge in [-0.25, -0.2) is 4.39 Å². The van der Waals surface area contributed by atoms with Crippen LogP contribution in [0.15, 0.2) is 59.9 Å². The zero-order valence-electron chi connectivity index (χ0n) is 10.5. The summed E-state index contributed by atoms with van der Waals surface area (Å²) in [5.74, 6) is -0.327. The maximum absolute atomic E-state index is 12.9. The molecule has 3 N–H and O–H groups in total. The van der Waals surface area contributed by atoms with Gasteiger partial charge in [-0.2, -0.15) is 0 Å². The van der Waals surface area contributed by atoms with Crippen LogP contribution in [0.4, 0.5) is 15.8 Å². The molecule has 1 aromatic carbocycles. The summed E-state index contributed by atoms with van der Waals surface area (Å²) in [4.78, 5) is 18.2. The molecule has 2 aromatic heterocycles. The Bertz CT molecular complexity index is 761. The predicted molar refractivity (Wildman–Crippen MR) is 76.5 cm³/mol. The van der Waals surface area contributed by atoms with Crippen molar-refractivity contribution >= 4 is 11.4 Å². The summed E-state index contributed by atoms with van der Waals surface area (Å²) in [6.07, 6.45) is 6.73. The zero-order chi connectivity index (χ0) is 13.9. The smallest absolute Gasteiger partial charge is 0.212 e. The molecule has 0 saturated heterocycles. The van der Waals surface area contributed by atoms with Crippen LogP contribution in [0.2, 0.25) is 0 Å². The number of hydrogen-bond acceptors (Lipinski definition) is 2. The van der Waals surface area contributed by atoms with E-state index >= 15 is 0 Å². The average molecular weight is 269 g/mol. The number of halogens is 1. The second kappa shape index (κ2) is 5.05. The van der Waals surface area contributed by atoms with Crippen molar-refractivity contribution in [3.8, 4) is 11.1 Å². The molecule has 0 aliphatic heterocycles. The van der Waals surface area contributed by atoms with Gasteiger partial charge in [0.15, 0.2) is 0 Å². The molecular weight excluding hydrogens is 257 g/mol. The van der Waals surface area contributed by atoms with Crippen LogP contribution in [0.1, 0.15) is 0 Å². The first kappa shape index (κ1) is 12.2. The molecule has 0 spiro atoms. The lowest BCUT2D eigenvalue weighted by molar-refractivity contribution is 0.628. The SMILES string of the molecule is O=c1c(Nc2cc[nH]c2)c[nH]cc1-c1ccc(F)cc1. The van der Waals surface area contributed by atoms with Crippen molar-refractivity contribution in [2.24, 2.45) is 0 Å². The van der Waals surface area contributed by atoms with Crippen LogP contribution >= 0.6 is 0 Å². The van der Waals surface area contributed by atoms with Gasteiger partial charge in [0.25, 0.3) is 0 Å². The van der Waals surface area contributed by atoms with Crippen LogP contribution in [0.3, 0.4) is 0 Å². The predicted octanol–water partition coefficient (Wildman–Crippen LogP) is 3.25. The van der Waals surface area contributed by atoms with E-state index in [0.717, 1.165) is 5.69 Å². The first-order valence-electron chi connectivity index (χ1n) is 6.11. The van der Waals surface area contributed by atoms with E-state index in [-0.39, 0.29) is 11.2 Å². The number of aromatic amines is 2. The number of nitrogens with one attached hydrogen (secondary N) is 3. The molecular formula is C15H12FN3O. The molecule has 100 valence electrons. The van der Waals surface area contributed by atoms with Crippen molar-refractivity contribution in [2.75, 3.05) is 5.32 Å². The van der Waals surface area contributed by atoms with Crippen LogP contribution in [0, 0.1) is 5.82 Å². The van der Waals surface area contributed by atoms with Gasteiger partial charge in [-0.1, -0.05) is 12.1 Å². The van der Waals surface area contributed by atoms with Gasteiger partial charge < -0.3 is 15.3 Å². The molecule has 0 unspecified atom stereocenters. The molecule has 0 radical (unpaired) electrons. The minimum absolute atomic E-state index is 0.142. The molecule has 0 bridgehead atoms. The topological polar surface area (TPSA) is 60.7 Å². The third-order valence-electron chi connectivity index (χ3n) is 2.98. The number of anilines is 2. The van der Waals surface area contributed by atoms with Crippen molar-refractivity contribution in [3.63, 3.8) is 0 Å². The van der Waals surface area contributed by atoms with E-state index in [0.29, 0.717) is 16.8 Å². The highest BCUT2D eigenvalue weighted by Crippen LogP contribution is 2.18. The Labute approximate surface area is 114 Å². The number of benzene rings is 1. The summed E-state index contributed by atoms with van der Waals surface area (Å²) >= 11 is 0. The monoisotopic (exact) mass is 269 g/mol. The lowest BCUT2D eigenvalue weighted by Crippen LogP contribution is -2.10. The molecule has 20 heavy (non-hydrogen) atoms. The Hall–Kier alpha value is -2.82. The van der Waals surface area contributed by atoms with Gasteiger partial charge in [0.1, 0.15) is 11.5 Å². The quantitative estimate of drug-likeness (QED) is 0.683. The van der Waals surface area contributed by atoms with Gasteiger partial charge >= 0.3 is 0 Å². The van der Waals surface area contributed by atoms with Crippen molar-refractivity contribution in [3.05, 3.63) is 71.2 Å². The third kappa shape index (κ3) is 2.33. The molecule has 4 nitrogen and oxygen atoms in total. The molecule has 0 amide bonds. The summed E-state index contributed by atoms with van der Waals surface area (Å²) in [5.41, 5.74) is 2.26. The second-order valence-electron chi connectivity index (χ2n) is 4.34. The van der Waals surface area contributed by atoms with Crippen molar-refractivity contribution in [2.45, 2.75) is 0 Å². The van der Waals surface area contributed by atoms with Crippen LogP contribution in [0.25, 0.3) is 11.1 Å². The van der Waals surface area contributed by atoms with E-state index in [1.54, 1.807) is 36.9 Å². The molecule has 5 heteroatoms. The summed E-state index contributed by atoms with van der Waals surface area (Å²) in [5, 5.41) is 3.02. The van der Waals surface area contributed by atoms with Gasteiger partial charge in [-0.15, -0.1) is 0 Å². The van der Waals surface area contributed by atoms with Gasteiger partial charge in [0.2, 0.25) is 5.43 Å². The maximum atomic E-state index is 12.9.